The van der Waals surface area contributed by atoms with Crippen LogP contribution in [-0.4, -0.2) is 10.9 Å². The Labute approximate surface area is 105 Å². The molecule has 92 valence electrons. The zero-order chi connectivity index (χ0) is 13.0. The Morgan fingerprint density at radius 1 is 1.22 bits per heavy atom. The molecule has 0 radical (unpaired) electrons. The van der Waals surface area contributed by atoms with Gasteiger partial charge in [0.05, 0.1) is 5.56 Å². The second-order valence-electron chi connectivity index (χ2n) is 4.00. The van der Waals surface area contributed by atoms with Gasteiger partial charge in [-0.15, -0.1) is 0 Å². The molecule has 1 aromatic heterocycles. The van der Waals surface area contributed by atoms with Crippen molar-refractivity contribution in [2.45, 2.75) is 13.5 Å². The van der Waals surface area contributed by atoms with Crippen LogP contribution in [0.5, 0.6) is 0 Å². The van der Waals surface area contributed by atoms with E-state index in [1.54, 1.807) is 24.3 Å². The van der Waals surface area contributed by atoms with Crippen LogP contribution in [0.25, 0.3) is 0 Å². The molecule has 0 aliphatic heterocycles. The minimum absolute atomic E-state index is 0.188. The Morgan fingerprint density at radius 2 is 1.94 bits per heavy atom. The second-order valence-corrected chi connectivity index (χ2v) is 4.00. The topological polar surface area (TPSA) is 42.0 Å². The summed E-state index contributed by atoms with van der Waals surface area (Å²) in [5, 5.41) is 2.75. The van der Waals surface area contributed by atoms with Gasteiger partial charge in [0.25, 0.3) is 5.91 Å². The van der Waals surface area contributed by atoms with Crippen molar-refractivity contribution < 1.29 is 9.18 Å². The maximum absolute atomic E-state index is 12.7. The van der Waals surface area contributed by atoms with Crippen LogP contribution in [0, 0.1) is 12.7 Å². The van der Waals surface area contributed by atoms with Gasteiger partial charge in [-0.3, -0.25) is 9.78 Å². The van der Waals surface area contributed by atoms with Crippen LogP contribution in [-0.2, 0) is 6.54 Å². The average molecular weight is 244 g/mol. The van der Waals surface area contributed by atoms with Crippen LogP contribution in [0.4, 0.5) is 4.39 Å². The number of amides is 1. The fourth-order valence-corrected chi connectivity index (χ4v) is 1.49. The van der Waals surface area contributed by atoms with Crippen molar-refractivity contribution in [2.75, 3.05) is 0 Å². The quantitative estimate of drug-likeness (QED) is 0.901. The van der Waals surface area contributed by atoms with Crippen molar-refractivity contribution in [3.8, 4) is 0 Å². The lowest BCUT2D eigenvalue weighted by Crippen LogP contribution is -2.22. The van der Waals surface area contributed by atoms with Crippen molar-refractivity contribution in [1.82, 2.24) is 10.3 Å². The molecule has 1 aromatic carbocycles. The van der Waals surface area contributed by atoms with Gasteiger partial charge in [0.2, 0.25) is 0 Å². The maximum Gasteiger partial charge on any atom is 0.253 e. The fraction of sp³-hybridized carbons (Fsp3) is 0.143. The Bertz CT molecular complexity index is 535. The van der Waals surface area contributed by atoms with Gasteiger partial charge in [-0.25, -0.2) is 4.39 Å². The van der Waals surface area contributed by atoms with E-state index in [1.807, 2.05) is 6.92 Å². The summed E-state index contributed by atoms with van der Waals surface area (Å²) in [6.45, 7) is 2.23. The first-order chi connectivity index (χ1) is 8.65. The van der Waals surface area contributed by atoms with E-state index in [0.29, 0.717) is 12.1 Å². The highest BCUT2D eigenvalue weighted by atomic mass is 19.1. The number of nitrogens with zero attached hydrogens (tertiary/aromatic N) is 1. The van der Waals surface area contributed by atoms with E-state index in [0.717, 1.165) is 11.3 Å². The third kappa shape index (κ3) is 3.13. The molecule has 0 saturated carbocycles. The Balaban J connectivity index is 1.96. The number of carbonyl (C=O) groups excluding carboxylic acids is 1. The summed E-state index contributed by atoms with van der Waals surface area (Å²) >= 11 is 0. The number of rotatable bonds is 3. The van der Waals surface area contributed by atoms with E-state index >= 15 is 0 Å². The van der Waals surface area contributed by atoms with Crippen LogP contribution < -0.4 is 5.32 Å². The van der Waals surface area contributed by atoms with E-state index < -0.39 is 0 Å². The summed E-state index contributed by atoms with van der Waals surface area (Å²) in [7, 11) is 0. The van der Waals surface area contributed by atoms with Crippen LogP contribution in [0.3, 0.4) is 0 Å². The normalized spacial score (nSPS) is 10.1. The molecule has 0 fully saturated rings. The number of carbonyl (C=O) groups is 1. The molecule has 0 bridgehead atoms. The first-order valence-corrected chi connectivity index (χ1v) is 5.60. The third-order valence-corrected chi connectivity index (χ3v) is 2.54. The monoisotopic (exact) mass is 244 g/mol. The number of aromatic nitrogens is 1. The number of halogens is 1. The third-order valence-electron chi connectivity index (χ3n) is 2.54. The predicted molar refractivity (Wildman–Crippen MR) is 66.5 cm³/mol. The van der Waals surface area contributed by atoms with Gasteiger partial charge in [-0.1, -0.05) is 12.1 Å². The molecule has 18 heavy (non-hydrogen) atoms. The lowest BCUT2D eigenvalue weighted by atomic mass is 10.2. The number of hydrogen-bond acceptors (Lipinski definition) is 2. The summed E-state index contributed by atoms with van der Waals surface area (Å²) in [6.07, 6.45) is 1.54. The molecule has 1 N–H and O–H groups in total. The lowest BCUT2D eigenvalue weighted by Gasteiger charge is -2.05. The smallest absolute Gasteiger partial charge is 0.253 e. The summed E-state index contributed by atoms with van der Waals surface area (Å²) in [5.41, 5.74) is 2.23. The highest BCUT2D eigenvalue weighted by Gasteiger charge is 2.05. The highest BCUT2D eigenvalue weighted by molar-refractivity contribution is 5.93. The Kier molecular flexibility index (Phi) is 3.67. The molecule has 0 spiro atoms. The first kappa shape index (κ1) is 12.2. The SMILES string of the molecule is Cc1ccc(C(=O)NCc2ccc(F)cc2)cn1. The van der Waals surface area contributed by atoms with Gasteiger partial charge in [-0.05, 0) is 36.8 Å². The summed E-state index contributed by atoms with van der Waals surface area (Å²) < 4.78 is 12.7. The molecule has 3 nitrogen and oxygen atoms in total. The molecular formula is C14H13FN2O. The molecule has 0 aliphatic carbocycles. The van der Waals surface area contributed by atoms with E-state index in [1.165, 1.54) is 18.3 Å². The maximum atomic E-state index is 12.7. The molecule has 0 aliphatic rings. The molecule has 2 rings (SSSR count). The van der Waals surface area contributed by atoms with Gasteiger partial charge in [0.1, 0.15) is 5.82 Å². The molecule has 1 heterocycles. The van der Waals surface area contributed by atoms with Crippen molar-refractivity contribution in [2.24, 2.45) is 0 Å². The van der Waals surface area contributed by atoms with Crippen molar-refractivity contribution in [3.05, 3.63) is 65.2 Å². The van der Waals surface area contributed by atoms with E-state index in [9.17, 15) is 9.18 Å². The first-order valence-electron chi connectivity index (χ1n) is 5.60. The number of benzene rings is 1. The zero-order valence-corrected chi connectivity index (χ0v) is 9.98. The van der Waals surface area contributed by atoms with E-state index in [-0.39, 0.29) is 11.7 Å². The van der Waals surface area contributed by atoms with Gasteiger partial charge in [0, 0.05) is 18.4 Å². The lowest BCUT2D eigenvalue weighted by molar-refractivity contribution is 0.0950. The number of pyridine rings is 1. The Morgan fingerprint density at radius 3 is 2.56 bits per heavy atom. The average Bonchev–Trinajstić information content (AvgIpc) is 2.38. The predicted octanol–water partition coefficient (Wildman–Crippen LogP) is 2.46. The van der Waals surface area contributed by atoms with Crippen molar-refractivity contribution in [3.63, 3.8) is 0 Å². The van der Waals surface area contributed by atoms with E-state index in [4.69, 9.17) is 0 Å². The zero-order valence-electron chi connectivity index (χ0n) is 9.98. The molecule has 0 saturated heterocycles. The van der Waals surface area contributed by atoms with E-state index in [2.05, 4.69) is 10.3 Å². The summed E-state index contributed by atoms with van der Waals surface area (Å²) in [6, 6.07) is 9.53. The highest BCUT2D eigenvalue weighted by Crippen LogP contribution is 2.03. The van der Waals surface area contributed by atoms with Crippen molar-refractivity contribution >= 4 is 5.91 Å². The second kappa shape index (κ2) is 5.40. The fourth-order valence-electron chi connectivity index (χ4n) is 1.49. The summed E-state index contributed by atoms with van der Waals surface area (Å²) in [5.74, 6) is -0.473. The molecule has 0 unspecified atom stereocenters. The van der Waals surface area contributed by atoms with Gasteiger partial charge < -0.3 is 5.32 Å². The van der Waals surface area contributed by atoms with Gasteiger partial charge in [-0.2, -0.15) is 0 Å². The van der Waals surface area contributed by atoms with Crippen LogP contribution in [0.1, 0.15) is 21.6 Å². The number of nitrogens with one attached hydrogen (secondary N) is 1. The molecule has 1 amide bonds. The summed E-state index contributed by atoms with van der Waals surface area (Å²) in [4.78, 5) is 15.8. The van der Waals surface area contributed by atoms with Crippen LogP contribution in [0.2, 0.25) is 0 Å². The standard InChI is InChI=1S/C14H13FN2O/c1-10-2-5-12(9-16-10)14(18)17-8-11-3-6-13(15)7-4-11/h2-7,9H,8H2,1H3,(H,17,18). The minimum atomic E-state index is -0.284. The molecule has 2 aromatic rings. The molecule has 4 heteroatoms. The van der Waals surface area contributed by atoms with Gasteiger partial charge >= 0.3 is 0 Å². The van der Waals surface area contributed by atoms with Crippen LogP contribution >= 0.6 is 0 Å². The molecule has 0 atom stereocenters. The van der Waals surface area contributed by atoms with Crippen LogP contribution in [0.15, 0.2) is 42.6 Å². The van der Waals surface area contributed by atoms with Crippen molar-refractivity contribution in [1.29, 1.82) is 0 Å². The number of aryl methyl sites for hydroxylation is 1. The van der Waals surface area contributed by atoms with Gasteiger partial charge in [0.15, 0.2) is 0 Å². The minimum Gasteiger partial charge on any atom is -0.348 e. The number of hydrogen-bond donors (Lipinski definition) is 1. The molecular weight excluding hydrogens is 231 g/mol. The Hall–Kier alpha value is -2.23. The largest absolute Gasteiger partial charge is 0.348 e.